The lowest BCUT2D eigenvalue weighted by atomic mass is 10.2. The first kappa shape index (κ1) is 20.4. The van der Waals surface area contributed by atoms with Gasteiger partial charge in [0, 0.05) is 38.1 Å². The largest absolute Gasteiger partial charge is 0.366 e. The van der Waals surface area contributed by atoms with Crippen LogP contribution in [0.15, 0.2) is 64.2 Å². The summed E-state index contributed by atoms with van der Waals surface area (Å²) in [5, 5.41) is 9.88. The van der Waals surface area contributed by atoms with Crippen molar-refractivity contribution >= 4 is 40.0 Å². The van der Waals surface area contributed by atoms with Crippen LogP contribution in [0.3, 0.4) is 0 Å². The Labute approximate surface area is 193 Å². The molecule has 1 aliphatic heterocycles. The van der Waals surface area contributed by atoms with Crippen molar-refractivity contribution in [2.45, 2.75) is 6.54 Å². The normalized spacial score (nSPS) is 14.8. The molecular weight excluding hydrogens is 450 g/mol. The van der Waals surface area contributed by atoms with Crippen molar-refractivity contribution in [3.63, 3.8) is 0 Å². The Hall–Kier alpha value is -2.52. The molecule has 5 rings (SSSR count). The number of rotatable bonds is 5. The maximum absolute atomic E-state index is 12.8. The van der Waals surface area contributed by atoms with E-state index in [0.717, 1.165) is 43.4 Å². The molecule has 4 heterocycles. The highest BCUT2D eigenvalue weighted by Gasteiger charge is 2.22. The summed E-state index contributed by atoms with van der Waals surface area (Å²) in [4.78, 5) is 23.3. The molecule has 31 heavy (non-hydrogen) atoms. The lowest BCUT2D eigenvalue weighted by Crippen LogP contribution is -2.46. The number of thiazole rings is 1. The quantitative estimate of drug-likeness (QED) is 0.434. The fourth-order valence-electron chi connectivity index (χ4n) is 3.67. The van der Waals surface area contributed by atoms with Crippen LogP contribution in [0.25, 0.3) is 15.6 Å². The van der Waals surface area contributed by atoms with Crippen LogP contribution in [0.2, 0.25) is 5.02 Å². The van der Waals surface area contributed by atoms with E-state index in [1.807, 2.05) is 30.3 Å². The molecule has 0 amide bonds. The molecule has 158 valence electrons. The molecule has 0 N–H and O–H groups in total. The smallest absolute Gasteiger partial charge is 0.292 e. The van der Waals surface area contributed by atoms with Gasteiger partial charge in [0.25, 0.3) is 5.56 Å². The summed E-state index contributed by atoms with van der Waals surface area (Å²) >= 11 is 9.88. The molecule has 0 aliphatic carbocycles. The number of piperazine rings is 1. The van der Waals surface area contributed by atoms with Crippen molar-refractivity contribution in [1.82, 2.24) is 19.7 Å². The second kappa shape index (κ2) is 8.92. The Morgan fingerprint density at radius 3 is 2.55 bits per heavy atom. The standard InChI is InChI=1S/C22H20ClN5OS2/c23-20-18(13-24-28(22(20)29)17-5-2-1-3-6-17)27-10-8-26(9-11-27)14-16-15-31-21(25-16)19-7-4-12-30-19/h1-7,12-13,15H,8-11,14H2. The van der Waals surface area contributed by atoms with Crippen LogP contribution in [-0.4, -0.2) is 45.8 Å². The molecule has 1 aromatic carbocycles. The predicted octanol–water partition coefficient (Wildman–Crippen LogP) is 4.39. The molecule has 9 heteroatoms. The number of nitrogens with zero attached hydrogens (tertiary/aromatic N) is 5. The highest BCUT2D eigenvalue weighted by molar-refractivity contribution is 7.20. The van der Waals surface area contributed by atoms with Gasteiger partial charge in [0.05, 0.1) is 28.1 Å². The zero-order chi connectivity index (χ0) is 21.2. The van der Waals surface area contributed by atoms with Gasteiger partial charge < -0.3 is 4.90 Å². The van der Waals surface area contributed by atoms with Gasteiger partial charge >= 0.3 is 0 Å². The molecule has 0 spiro atoms. The topological polar surface area (TPSA) is 54.3 Å². The van der Waals surface area contributed by atoms with E-state index in [-0.39, 0.29) is 10.6 Å². The summed E-state index contributed by atoms with van der Waals surface area (Å²) in [5.74, 6) is 0. The van der Waals surface area contributed by atoms with Gasteiger partial charge in [-0.15, -0.1) is 22.7 Å². The van der Waals surface area contributed by atoms with Gasteiger partial charge in [-0.3, -0.25) is 9.69 Å². The van der Waals surface area contributed by atoms with Crippen molar-refractivity contribution in [2.24, 2.45) is 0 Å². The van der Waals surface area contributed by atoms with E-state index < -0.39 is 0 Å². The number of aromatic nitrogens is 3. The number of halogens is 1. The van der Waals surface area contributed by atoms with Crippen molar-refractivity contribution in [3.05, 3.63) is 80.5 Å². The van der Waals surface area contributed by atoms with E-state index in [1.54, 1.807) is 28.9 Å². The first-order valence-corrected chi connectivity index (χ1v) is 12.1. The minimum Gasteiger partial charge on any atom is -0.366 e. The van der Waals surface area contributed by atoms with Gasteiger partial charge in [0.1, 0.15) is 10.0 Å². The molecule has 1 fully saturated rings. The van der Waals surface area contributed by atoms with Crippen LogP contribution in [0.5, 0.6) is 0 Å². The highest BCUT2D eigenvalue weighted by atomic mass is 35.5. The number of anilines is 1. The summed E-state index contributed by atoms with van der Waals surface area (Å²) < 4.78 is 1.34. The van der Waals surface area contributed by atoms with Gasteiger partial charge in [-0.2, -0.15) is 9.78 Å². The van der Waals surface area contributed by atoms with Gasteiger partial charge in [0.2, 0.25) is 0 Å². The molecule has 4 aromatic rings. The van der Waals surface area contributed by atoms with Crippen LogP contribution in [0.1, 0.15) is 5.69 Å². The minimum atomic E-state index is -0.295. The molecular formula is C22H20ClN5OS2. The van der Waals surface area contributed by atoms with Gasteiger partial charge in [-0.25, -0.2) is 4.98 Å². The summed E-state index contributed by atoms with van der Waals surface area (Å²) in [6.45, 7) is 4.17. The summed E-state index contributed by atoms with van der Waals surface area (Å²) in [6, 6.07) is 13.5. The molecule has 6 nitrogen and oxygen atoms in total. The lowest BCUT2D eigenvalue weighted by molar-refractivity contribution is 0.247. The van der Waals surface area contributed by atoms with Crippen molar-refractivity contribution < 1.29 is 0 Å². The summed E-state index contributed by atoms with van der Waals surface area (Å²) in [7, 11) is 0. The average molecular weight is 470 g/mol. The van der Waals surface area contributed by atoms with Crippen LogP contribution in [0.4, 0.5) is 5.69 Å². The molecule has 1 aliphatic rings. The fourth-order valence-corrected chi connectivity index (χ4v) is 5.54. The first-order valence-electron chi connectivity index (χ1n) is 9.98. The summed E-state index contributed by atoms with van der Waals surface area (Å²) in [6.07, 6.45) is 1.69. The van der Waals surface area contributed by atoms with E-state index in [2.05, 4.69) is 37.8 Å². The fraction of sp³-hybridized carbons (Fsp3) is 0.227. The van der Waals surface area contributed by atoms with Crippen LogP contribution < -0.4 is 10.5 Å². The Morgan fingerprint density at radius 1 is 1.00 bits per heavy atom. The number of thiophene rings is 1. The Kier molecular flexibility index (Phi) is 5.87. The van der Waals surface area contributed by atoms with Crippen molar-refractivity contribution in [1.29, 1.82) is 0 Å². The highest BCUT2D eigenvalue weighted by Crippen LogP contribution is 2.28. The molecule has 0 saturated carbocycles. The van der Waals surface area contributed by atoms with Crippen molar-refractivity contribution in [3.8, 4) is 15.6 Å². The molecule has 3 aromatic heterocycles. The van der Waals surface area contributed by atoms with E-state index >= 15 is 0 Å². The third kappa shape index (κ3) is 4.29. The molecule has 0 unspecified atom stereocenters. The zero-order valence-corrected chi connectivity index (χ0v) is 19.0. The van der Waals surface area contributed by atoms with Crippen LogP contribution in [0, 0.1) is 0 Å². The molecule has 1 saturated heterocycles. The third-order valence-corrected chi connectivity index (χ3v) is 7.57. The Balaban J connectivity index is 1.25. The third-order valence-electron chi connectivity index (χ3n) is 5.28. The van der Waals surface area contributed by atoms with Crippen LogP contribution in [-0.2, 0) is 6.54 Å². The molecule has 0 bridgehead atoms. The van der Waals surface area contributed by atoms with E-state index in [9.17, 15) is 4.79 Å². The Morgan fingerprint density at radius 2 is 1.81 bits per heavy atom. The second-order valence-electron chi connectivity index (χ2n) is 7.28. The van der Waals surface area contributed by atoms with Gasteiger partial charge in [0.15, 0.2) is 0 Å². The molecule has 0 radical (unpaired) electrons. The predicted molar refractivity (Wildman–Crippen MR) is 128 cm³/mol. The van der Waals surface area contributed by atoms with E-state index in [0.29, 0.717) is 11.4 Å². The van der Waals surface area contributed by atoms with Crippen LogP contribution >= 0.6 is 34.3 Å². The summed E-state index contributed by atoms with van der Waals surface area (Å²) in [5.41, 5.74) is 2.21. The zero-order valence-electron chi connectivity index (χ0n) is 16.6. The molecule has 0 atom stereocenters. The SMILES string of the molecule is O=c1c(Cl)c(N2CCN(Cc3csc(-c4cccs4)n3)CC2)cnn1-c1ccccc1. The number of hydrogen-bond acceptors (Lipinski definition) is 7. The Bertz CT molecular complexity index is 1210. The maximum Gasteiger partial charge on any atom is 0.292 e. The number of benzene rings is 1. The first-order chi connectivity index (χ1) is 15.2. The van der Waals surface area contributed by atoms with E-state index in [4.69, 9.17) is 16.6 Å². The number of hydrogen-bond donors (Lipinski definition) is 0. The monoisotopic (exact) mass is 469 g/mol. The lowest BCUT2D eigenvalue weighted by Gasteiger charge is -2.35. The second-order valence-corrected chi connectivity index (χ2v) is 9.46. The minimum absolute atomic E-state index is 0.215. The maximum atomic E-state index is 12.8. The van der Waals surface area contributed by atoms with Gasteiger partial charge in [-0.1, -0.05) is 35.9 Å². The van der Waals surface area contributed by atoms with E-state index in [1.165, 1.54) is 9.56 Å². The number of para-hydroxylation sites is 1. The van der Waals surface area contributed by atoms with Gasteiger partial charge in [-0.05, 0) is 23.6 Å². The average Bonchev–Trinajstić information content (AvgIpc) is 3.49. The van der Waals surface area contributed by atoms with Crippen molar-refractivity contribution in [2.75, 3.05) is 31.1 Å².